The zero-order chi connectivity index (χ0) is 14.4. The Kier molecular flexibility index (Phi) is 5.99. The van der Waals surface area contributed by atoms with Crippen molar-refractivity contribution in [3.05, 3.63) is 35.4 Å². The lowest BCUT2D eigenvalue weighted by atomic mass is 9.94. The fourth-order valence-corrected chi connectivity index (χ4v) is 1.92. The van der Waals surface area contributed by atoms with E-state index in [1.807, 2.05) is 38.1 Å². The smallest absolute Gasteiger partial charge is 0.246 e. The molecular formula is C15H23NO3. The Hall–Kier alpha value is -1.39. The molecule has 19 heavy (non-hydrogen) atoms. The summed E-state index contributed by atoms with van der Waals surface area (Å²) in [6, 6.07) is 7.79. The molecule has 2 atom stereocenters. The van der Waals surface area contributed by atoms with E-state index in [9.17, 15) is 9.90 Å². The van der Waals surface area contributed by atoms with Crippen LogP contribution in [0.5, 0.6) is 0 Å². The van der Waals surface area contributed by atoms with Crippen LogP contribution < -0.4 is 0 Å². The van der Waals surface area contributed by atoms with Gasteiger partial charge >= 0.3 is 0 Å². The maximum atomic E-state index is 11.8. The maximum Gasteiger partial charge on any atom is 0.246 e. The van der Waals surface area contributed by atoms with Gasteiger partial charge in [0, 0.05) is 13.5 Å². The molecule has 106 valence electrons. The molecule has 0 aliphatic carbocycles. The quantitative estimate of drug-likeness (QED) is 0.804. The van der Waals surface area contributed by atoms with E-state index >= 15 is 0 Å². The Labute approximate surface area is 114 Å². The molecule has 0 heterocycles. The minimum atomic E-state index is -0.440. The van der Waals surface area contributed by atoms with Crippen LogP contribution in [0, 0.1) is 0 Å². The maximum absolute atomic E-state index is 11.8. The molecule has 1 amide bonds. The number of nitrogens with zero attached hydrogens (tertiary/aromatic N) is 1. The van der Waals surface area contributed by atoms with Gasteiger partial charge in [0.2, 0.25) is 5.91 Å². The van der Waals surface area contributed by atoms with Crippen LogP contribution in [-0.4, -0.2) is 30.2 Å². The van der Waals surface area contributed by atoms with E-state index in [2.05, 4.69) is 0 Å². The van der Waals surface area contributed by atoms with Crippen LogP contribution in [0.15, 0.2) is 24.3 Å². The Balaban J connectivity index is 2.77. The number of amides is 1. The summed E-state index contributed by atoms with van der Waals surface area (Å²) >= 11 is 0. The zero-order valence-electron chi connectivity index (χ0n) is 12.1. The van der Waals surface area contributed by atoms with Gasteiger partial charge in [-0.25, -0.2) is 5.06 Å². The van der Waals surface area contributed by atoms with Gasteiger partial charge < -0.3 is 5.11 Å². The Morgan fingerprint density at radius 3 is 2.63 bits per heavy atom. The summed E-state index contributed by atoms with van der Waals surface area (Å²) < 4.78 is 0. The highest BCUT2D eigenvalue weighted by Crippen LogP contribution is 2.24. The lowest BCUT2D eigenvalue weighted by Gasteiger charge is -2.18. The van der Waals surface area contributed by atoms with Gasteiger partial charge in [-0.2, -0.15) is 0 Å². The first-order chi connectivity index (χ1) is 8.99. The minimum absolute atomic E-state index is 0.0588. The number of hydrogen-bond donors (Lipinski definition) is 1. The third-order valence-electron chi connectivity index (χ3n) is 3.36. The van der Waals surface area contributed by atoms with Crippen molar-refractivity contribution in [2.75, 3.05) is 14.2 Å². The van der Waals surface area contributed by atoms with Crippen molar-refractivity contribution in [3.8, 4) is 0 Å². The summed E-state index contributed by atoms with van der Waals surface area (Å²) in [5.41, 5.74) is 1.96. The summed E-state index contributed by atoms with van der Waals surface area (Å²) in [5, 5.41) is 11.1. The van der Waals surface area contributed by atoms with E-state index in [1.165, 1.54) is 12.2 Å². The predicted octanol–water partition coefficient (Wildman–Crippen LogP) is 2.64. The van der Waals surface area contributed by atoms with Crippen LogP contribution in [0.2, 0.25) is 0 Å². The van der Waals surface area contributed by atoms with Crippen molar-refractivity contribution >= 4 is 5.91 Å². The van der Waals surface area contributed by atoms with Crippen molar-refractivity contribution in [1.82, 2.24) is 5.06 Å². The average molecular weight is 265 g/mol. The number of benzene rings is 1. The molecule has 0 aliphatic heterocycles. The zero-order valence-corrected chi connectivity index (χ0v) is 12.1. The van der Waals surface area contributed by atoms with Gasteiger partial charge in [0.05, 0.1) is 13.2 Å². The summed E-state index contributed by atoms with van der Waals surface area (Å²) in [5.74, 6) is 0.0329. The topological polar surface area (TPSA) is 49.8 Å². The molecule has 0 aliphatic rings. The molecule has 1 aromatic carbocycles. The number of carbonyl (C=O) groups excluding carboxylic acids is 1. The van der Waals surface area contributed by atoms with Gasteiger partial charge in [-0.05, 0) is 23.5 Å². The SMILES string of the molecule is CCC(O)c1cccc(C(C)CC(=O)N(C)OC)c1. The molecule has 0 spiro atoms. The molecule has 0 saturated carbocycles. The Morgan fingerprint density at radius 2 is 2.05 bits per heavy atom. The second-order valence-electron chi connectivity index (χ2n) is 4.77. The first kappa shape index (κ1) is 15.7. The van der Waals surface area contributed by atoms with E-state index in [0.717, 1.165) is 11.1 Å². The minimum Gasteiger partial charge on any atom is -0.388 e. The Bertz CT molecular complexity index is 420. The molecule has 0 radical (unpaired) electrons. The number of aliphatic hydroxyl groups is 1. The predicted molar refractivity (Wildman–Crippen MR) is 74.5 cm³/mol. The van der Waals surface area contributed by atoms with Gasteiger partial charge in [-0.1, -0.05) is 38.1 Å². The largest absolute Gasteiger partial charge is 0.388 e. The van der Waals surface area contributed by atoms with E-state index in [4.69, 9.17) is 4.84 Å². The van der Waals surface area contributed by atoms with E-state index in [-0.39, 0.29) is 11.8 Å². The van der Waals surface area contributed by atoms with Crippen molar-refractivity contribution in [2.24, 2.45) is 0 Å². The summed E-state index contributed by atoms with van der Waals surface area (Å²) in [6.07, 6.45) is 0.628. The lowest BCUT2D eigenvalue weighted by molar-refractivity contribution is -0.169. The fraction of sp³-hybridized carbons (Fsp3) is 0.533. The molecule has 0 bridgehead atoms. The highest BCUT2D eigenvalue weighted by atomic mass is 16.7. The van der Waals surface area contributed by atoms with Crippen molar-refractivity contribution in [2.45, 2.75) is 38.7 Å². The van der Waals surface area contributed by atoms with Crippen molar-refractivity contribution < 1.29 is 14.7 Å². The molecule has 0 aromatic heterocycles. The van der Waals surface area contributed by atoms with Crippen LogP contribution in [0.1, 0.15) is 49.8 Å². The van der Waals surface area contributed by atoms with Gasteiger partial charge in [0.1, 0.15) is 0 Å². The molecule has 1 N–H and O–H groups in total. The summed E-state index contributed by atoms with van der Waals surface area (Å²) in [4.78, 5) is 16.7. The number of rotatable bonds is 6. The van der Waals surface area contributed by atoms with Gasteiger partial charge in [0.25, 0.3) is 0 Å². The van der Waals surface area contributed by atoms with Crippen LogP contribution in [0.4, 0.5) is 0 Å². The van der Waals surface area contributed by atoms with Gasteiger partial charge in [0.15, 0.2) is 0 Å². The summed E-state index contributed by atoms with van der Waals surface area (Å²) in [7, 11) is 3.08. The molecule has 0 fully saturated rings. The number of hydrogen-bond acceptors (Lipinski definition) is 3. The third-order valence-corrected chi connectivity index (χ3v) is 3.36. The number of hydroxylamine groups is 2. The molecular weight excluding hydrogens is 242 g/mol. The first-order valence-corrected chi connectivity index (χ1v) is 6.58. The van der Waals surface area contributed by atoms with Crippen LogP contribution in [-0.2, 0) is 9.63 Å². The van der Waals surface area contributed by atoms with E-state index < -0.39 is 6.10 Å². The Morgan fingerprint density at radius 1 is 1.42 bits per heavy atom. The molecule has 2 unspecified atom stereocenters. The van der Waals surface area contributed by atoms with Gasteiger partial charge in [-0.15, -0.1) is 0 Å². The van der Waals surface area contributed by atoms with Crippen molar-refractivity contribution in [3.63, 3.8) is 0 Å². The normalized spacial score (nSPS) is 13.9. The fourth-order valence-electron chi connectivity index (χ4n) is 1.92. The number of carbonyl (C=O) groups is 1. The second-order valence-corrected chi connectivity index (χ2v) is 4.77. The van der Waals surface area contributed by atoms with Crippen LogP contribution in [0.25, 0.3) is 0 Å². The molecule has 1 rings (SSSR count). The van der Waals surface area contributed by atoms with E-state index in [0.29, 0.717) is 12.8 Å². The highest BCUT2D eigenvalue weighted by molar-refractivity contribution is 5.75. The monoisotopic (exact) mass is 265 g/mol. The van der Waals surface area contributed by atoms with Gasteiger partial charge in [-0.3, -0.25) is 9.63 Å². The first-order valence-electron chi connectivity index (χ1n) is 6.58. The van der Waals surface area contributed by atoms with Crippen molar-refractivity contribution in [1.29, 1.82) is 0 Å². The lowest BCUT2D eigenvalue weighted by Crippen LogP contribution is -2.26. The van der Waals surface area contributed by atoms with E-state index in [1.54, 1.807) is 7.05 Å². The average Bonchev–Trinajstić information content (AvgIpc) is 2.45. The summed E-state index contributed by atoms with van der Waals surface area (Å²) in [6.45, 7) is 3.94. The van der Waals surface area contributed by atoms with Crippen LogP contribution in [0.3, 0.4) is 0 Å². The standard InChI is InChI=1S/C15H23NO3/c1-5-14(17)13-8-6-7-12(10-13)11(2)9-15(18)16(3)19-4/h6-8,10-11,14,17H,5,9H2,1-4H3. The molecule has 1 aromatic rings. The molecule has 4 nitrogen and oxygen atoms in total. The molecule has 4 heteroatoms. The molecule has 0 saturated heterocycles. The second kappa shape index (κ2) is 7.26. The third kappa shape index (κ3) is 4.33. The van der Waals surface area contributed by atoms with Crippen LogP contribution >= 0.6 is 0 Å². The highest BCUT2D eigenvalue weighted by Gasteiger charge is 2.16. The number of aliphatic hydroxyl groups excluding tert-OH is 1.